The molecule has 7 heteroatoms. The van der Waals surface area contributed by atoms with Crippen molar-refractivity contribution >= 4 is 15.9 Å². The average Bonchev–Trinajstić information content (AvgIpc) is 2.71. The predicted molar refractivity (Wildman–Crippen MR) is 129 cm³/mol. The topological polar surface area (TPSA) is 75.7 Å². The molecule has 1 atom stereocenters. The monoisotopic (exact) mass is 463 g/mol. The van der Waals surface area contributed by atoms with E-state index in [2.05, 4.69) is 5.32 Å². The molecule has 2 aliphatic rings. The summed E-state index contributed by atoms with van der Waals surface area (Å²) in [6.07, 6.45) is 10.0. The molecule has 3 rings (SSSR count). The van der Waals surface area contributed by atoms with Gasteiger partial charge in [0.2, 0.25) is 15.9 Å². The number of piperidine rings is 1. The molecule has 5 radical (unpaired) electrons. The summed E-state index contributed by atoms with van der Waals surface area (Å²) in [4.78, 5) is 12.9. The molecule has 179 valence electrons. The zero-order valence-corrected chi connectivity index (χ0v) is 20.5. The fourth-order valence-corrected chi connectivity index (χ4v) is 6.33. The van der Waals surface area contributed by atoms with Crippen LogP contribution in [0.1, 0.15) is 69.8 Å². The second kappa shape index (κ2) is 13.2. The maximum atomic E-state index is 13.4. The zero-order chi connectivity index (χ0) is 21.6. The van der Waals surface area contributed by atoms with Gasteiger partial charge < -0.3 is 10.1 Å². The number of hydrogen-bond donors (Lipinski definition) is 1. The highest BCUT2D eigenvalue weighted by molar-refractivity contribution is 7.89. The van der Waals surface area contributed by atoms with Gasteiger partial charge in [-0.05, 0) is 50.3 Å². The van der Waals surface area contributed by atoms with Gasteiger partial charge in [0, 0.05) is 19.1 Å². The smallest absolute Gasteiger partial charge is 0.247 e. The van der Waals surface area contributed by atoms with Crippen molar-refractivity contribution in [1.29, 1.82) is 0 Å². The van der Waals surface area contributed by atoms with Gasteiger partial charge in [0.25, 0.3) is 0 Å². The molecular weight excluding hydrogens is 424 g/mol. The Morgan fingerprint density at radius 2 is 1.72 bits per heavy atom. The van der Waals surface area contributed by atoms with E-state index in [9.17, 15) is 13.2 Å². The Morgan fingerprint density at radius 1 is 1.06 bits per heavy atom. The van der Waals surface area contributed by atoms with Crippen molar-refractivity contribution in [3.8, 4) is 5.75 Å². The lowest BCUT2D eigenvalue weighted by molar-refractivity contribution is -0.120. The predicted octanol–water partition coefficient (Wildman–Crippen LogP) is 4.64. The third kappa shape index (κ3) is 6.95. The van der Waals surface area contributed by atoms with Crippen molar-refractivity contribution in [2.75, 3.05) is 20.2 Å². The van der Waals surface area contributed by atoms with E-state index in [1.54, 1.807) is 22.5 Å². The van der Waals surface area contributed by atoms with Crippen LogP contribution in [0.3, 0.4) is 0 Å². The molecule has 2 fully saturated rings. The summed E-state index contributed by atoms with van der Waals surface area (Å²) < 4.78 is 33.8. The van der Waals surface area contributed by atoms with Gasteiger partial charge in [-0.3, -0.25) is 4.79 Å². The van der Waals surface area contributed by atoms with Gasteiger partial charge >= 0.3 is 0 Å². The molecule has 1 N–H and O–H groups in total. The summed E-state index contributed by atoms with van der Waals surface area (Å²) in [6.45, 7) is 2.73. The van der Waals surface area contributed by atoms with E-state index in [0.29, 0.717) is 18.8 Å². The summed E-state index contributed by atoms with van der Waals surface area (Å²) in [7, 11) is -2.21. The van der Waals surface area contributed by atoms with E-state index >= 15 is 0 Å². The SMILES string of the molecule is COc1cc(C)ccc1S(=O)(=O)N1CCCCC1CNC(=O)[C]1CCCCCCC1.[CH2].[CH2]. The minimum Gasteiger partial charge on any atom is -0.495 e. The molecule has 1 aromatic carbocycles. The van der Waals surface area contributed by atoms with Crippen LogP contribution in [0, 0.1) is 27.7 Å². The van der Waals surface area contributed by atoms with Gasteiger partial charge in [-0.25, -0.2) is 8.42 Å². The number of rotatable bonds is 6. The lowest BCUT2D eigenvalue weighted by atomic mass is 9.90. The lowest BCUT2D eigenvalue weighted by Gasteiger charge is -2.35. The molecule has 1 saturated heterocycles. The highest BCUT2D eigenvalue weighted by Crippen LogP contribution is 2.31. The van der Waals surface area contributed by atoms with Crippen LogP contribution in [0.15, 0.2) is 23.1 Å². The van der Waals surface area contributed by atoms with Crippen molar-refractivity contribution in [3.05, 3.63) is 44.5 Å². The molecule has 6 nitrogen and oxygen atoms in total. The molecule has 32 heavy (non-hydrogen) atoms. The molecule has 1 saturated carbocycles. The van der Waals surface area contributed by atoms with Crippen molar-refractivity contribution in [2.24, 2.45) is 0 Å². The van der Waals surface area contributed by atoms with Gasteiger partial charge in [-0.15, -0.1) is 0 Å². The molecule has 0 aromatic heterocycles. The number of nitrogens with zero attached hydrogens (tertiary/aromatic N) is 1. The first-order chi connectivity index (χ1) is 14.4. The highest BCUT2D eigenvalue weighted by Gasteiger charge is 2.35. The van der Waals surface area contributed by atoms with E-state index in [1.807, 2.05) is 6.92 Å². The quantitative estimate of drug-likeness (QED) is 0.667. The Morgan fingerprint density at radius 3 is 2.38 bits per heavy atom. The summed E-state index contributed by atoms with van der Waals surface area (Å²) in [5.74, 6) is 1.35. The highest BCUT2D eigenvalue weighted by atomic mass is 32.2. The minimum absolute atomic E-state index is 0. The number of amides is 1. The van der Waals surface area contributed by atoms with Crippen LogP contribution in [0.4, 0.5) is 0 Å². The third-order valence-corrected chi connectivity index (χ3v) is 8.25. The Hall–Kier alpha value is -1.60. The van der Waals surface area contributed by atoms with Crippen LogP contribution in [0.2, 0.25) is 0 Å². The van der Waals surface area contributed by atoms with E-state index in [-0.39, 0.29) is 31.7 Å². The van der Waals surface area contributed by atoms with Crippen molar-refractivity contribution in [1.82, 2.24) is 9.62 Å². The van der Waals surface area contributed by atoms with Gasteiger partial charge in [-0.1, -0.05) is 59.4 Å². The van der Waals surface area contributed by atoms with E-state index < -0.39 is 10.0 Å². The van der Waals surface area contributed by atoms with Crippen LogP contribution in [-0.2, 0) is 14.8 Å². The number of ether oxygens (including phenoxy) is 1. The molecule has 1 unspecified atom stereocenters. The lowest BCUT2D eigenvalue weighted by Crippen LogP contribution is -2.49. The van der Waals surface area contributed by atoms with Crippen LogP contribution in [0.5, 0.6) is 5.75 Å². The van der Waals surface area contributed by atoms with Crippen molar-refractivity contribution < 1.29 is 17.9 Å². The maximum absolute atomic E-state index is 13.4. The van der Waals surface area contributed by atoms with E-state index in [4.69, 9.17) is 4.74 Å². The molecule has 0 bridgehead atoms. The Bertz CT molecular complexity index is 817. The molecule has 1 aliphatic heterocycles. The van der Waals surface area contributed by atoms with Crippen LogP contribution >= 0.6 is 0 Å². The van der Waals surface area contributed by atoms with Crippen LogP contribution in [-0.4, -0.2) is 44.9 Å². The number of aryl methyl sites for hydroxylation is 1. The van der Waals surface area contributed by atoms with Crippen LogP contribution < -0.4 is 10.1 Å². The summed E-state index contributed by atoms with van der Waals surface area (Å²) in [6, 6.07) is 4.94. The molecular formula is C25H39N2O4S. The number of carbonyl (C=O) groups is 1. The normalized spacial score (nSPS) is 20.8. The largest absolute Gasteiger partial charge is 0.495 e. The number of methoxy groups -OCH3 is 1. The number of carbonyl (C=O) groups excluding carboxylic acids is 1. The number of hydrogen-bond acceptors (Lipinski definition) is 4. The number of sulfonamides is 1. The van der Waals surface area contributed by atoms with Gasteiger partial charge in [0.05, 0.1) is 13.0 Å². The molecule has 1 aliphatic carbocycles. The maximum Gasteiger partial charge on any atom is 0.247 e. The van der Waals surface area contributed by atoms with E-state index in [1.165, 1.54) is 26.4 Å². The fourth-order valence-electron chi connectivity index (χ4n) is 4.50. The van der Waals surface area contributed by atoms with Crippen LogP contribution in [0.25, 0.3) is 0 Å². The number of benzene rings is 1. The first kappa shape index (κ1) is 28.4. The van der Waals surface area contributed by atoms with Gasteiger partial charge in [0.15, 0.2) is 0 Å². The summed E-state index contributed by atoms with van der Waals surface area (Å²) in [5, 5.41) is 3.05. The molecule has 1 aromatic rings. The summed E-state index contributed by atoms with van der Waals surface area (Å²) >= 11 is 0. The molecule has 0 spiro atoms. The average molecular weight is 464 g/mol. The van der Waals surface area contributed by atoms with Gasteiger partial charge in [-0.2, -0.15) is 4.31 Å². The summed E-state index contributed by atoms with van der Waals surface area (Å²) in [5.41, 5.74) is 0.949. The van der Waals surface area contributed by atoms with Crippen molar-refractivity contribution in [3.63, 3.8) is 0 Å². The second-order valence-corrected chi connectivity index (χ2v) is 10.4. The fraction of sp³-hybridized carbons (Fsp3) is 0.600. The van der Waals surface area contributed by atoms with Gasteiger partial charge in [0.1, 0.15) is 10.6 Å². The Kier molecular flexibility index (Phi) is 11.7. The zero-order valence-electron chi connectivity index (χ0n) is 19.7. The standard InChI is InChI=1S/C23H35N2O4S.2CH2/c1-18-13-14-22(21(16-18)29-2)30(27,28)25-15-9-8-12-20(25)17-24-23(26)19-10-6-4-3-5-7-11-19;;/h13-14,16,20H,3-12,15,17H2,1-2H3,(H,24,26);2*1H2. The Balaban J connectivity index is 0.00000256. The third-order valence-electron chi connectivity index (χ3n) is 6.26. The Labute approximate surface area is 196 Å². The number of nitrogens with one attached hydrogen (secondary N) is 1. The molecule has 1 heterocycles. The minimum atomic E-state index is -3.70. The molecule has 1 amide bonds. The van der Waals surface area contributed by atoms with E-state index in [0.717, 1.165) is 56.4 Å². The first-order valence-corrected chi connectivity index (χ1v) is 12.7. The van der Waals surface area contributed by atoms with Crippen molar-refractivity contribution in [2.45, 2.75) is 82.1 Å². The second-order valence-electron chi connectivity index (χ2n) is 8.50. The first-order valence-electron chi connectivity index (χ1n) is 11.2.